The van der Waals surface area contributed by atoms with Crippen LogP contribution in [0.5, 0.6) is 0 Å². The van der Waals surface area contributed by atoms with Gasteiger partial charge < -0.3 is 0 Å². The highest BCUT2D eigenvalue weighted by molar-refractivity contribution is 5.85. The van der Waals surface area contributed by atoms with Gasteiger partial charge in [-0.25, -0.2) is 0 Å². The van der Waals surface area contributed by atoms with Gasteiger partial charge in [-0.05, 0) is 27.7 Å². The first-order valence-corrected chi connectivity index (χ1v) is 5.12. The summed E-state index contributed by atoms with van der Waals surface area (Å²) in [7, 11) is 0. The Morgan fingerprint density at radius 2 is 1.79 bits per heavy atom. The molecular weight excluding hydrogens is 198 g/mol. The van der Waals surface area contributed by atoms with Crippen LogP contribution in [0.4, 0.5) is 0 Å². The van der Waals surface area contributed by atoms with E-state index in [1.54, 1.807) is 0 Å². The summed E-state index contributed by atoms with van der Waals surface area (Å²) < 4.78 is 0. The van der Waals surface area contributed by atoms with E-state index in [9.17, 15) is 4.79 Å². The molecule has 1 rings (SSSR count). The van der Waals surface area contributed by atoms with Crippen LogP contribution in [0.1, 0.15) is 41.0 Å². The van der Waals surface area contributed by atoms with Crippen molar-refractivity contribution < 1.29 is 4.79 Å². The highest BCUT2D eigenvalue weighted by Gasteiger charge is 2.34. The summed E-state index contributed by atoms with van der Waals surface area (Å²) in [5.74, 6) is 0.642. The normalized spacial score (nSPS) is 29.9. The van der Waals surface area contributed by atoms with Crippen molar-refractivity contribution in [1.82, 2.24) is 4.90 Å². The van der Waals surface area contributed by atoms with Gasteiger partial charge in [0.2, 0.25) is 0 Å². The summed E-state index contributed by atoms with van der Waals surface area (Å²) in [5.41, 5.74) is 0.189. The summed E-state index contributed by atoms with van der Waals surface area (Å²) in [6.07, 6.45) is 0.721. The van der Waals surface area contributed by atoms with Gasteiger partial charge in [0, 0.05) is 30.5 Å². The largest absolute Gasteiger partial charge is 0.299 e. The van der Waals surface area contributed by atoms with Crippen LogP contribution in [-0.2, 0) is 4.79 Å². The van der Waals surface area contributed by atoms with Crippen molar-refractivity contribution in [3.8, 4) is 0 Å². The highest BCUT2D eigenvalue weighted by Crippen LogP contribution is 2.26. The lowest BCUT2D eigenvalue weighted by Crippen LogP contribution is -2.54. The van der Waals surface area contributed by atoms with Gasteiger partial charge in [-0.1, -0.05) is 6.92 Å². The van der Waals surface area contributed by atoms with Crippen LogP contribution in [-0.4, -0.2) is 28.8 Å². The molecule has 0 radical (unpaired) electrons. The maximum Gasteiger partial charge on any atom is 0.138 e. The predicted octanol–water partition coefficient (Wildman–Crippen LogP) is 2.51. The van der Waals surface area contributed by atoms with Gasteiger partial charge in [0.25, 0.3) is 0 Å². The standard InChI is InChI=1S/C11H21NO.ClH/c1-8-7-12(11(3,4)5)9(2)6-10(8)13;/h8-9H,6-7H2,1-5H3;1H. The Kier molecular flexibility index (Phi) is 4.60. The van der Waals surface area contributed by atoms with Crippen LogP contribution in [0.25, 0.3) is 0 Å². The number of Topliss-reactive ketones (excluding diaryl/α,β-unsaturated/α-hetero) is 1. The van der Waals surface area contributed by atoms with Crippen LogP contribution >= 0.6 is 12.4 Å². The van der Waals surface area contributed by atoms with Crippen LogP contribution in [0.15, 0.2) is 0 Å². The van der Waals surface area contributed by atoms with E-state index in [0.717, 1.165) is 13.0 Å². The molecule has 1 aliphatic heterocycles. The first-order valence-electron chi connectivity index (χ1n) is 5.12. The van der Waals surface area contributed by atoms with E-state index in [1.165, 1.54) is 0 Å². The maximum atomic E-state index is 11.5. The Hall–Kier alpha value is -0.0800. The topological polar surface area (TPSA) is 20.3 Å². The Morgan fingerprint density at radius 1 is 1.29 bits per heavy atom. The number of hydrogen-bond acceptors (Lipinski definition) is 2. The molecule has 2 unspecified atom stereocenters. The fourth-order valence-electron chi connectivity index (χ4n) is 2.11. The summed E-state index contributed by atoms with van der Waals surface area (Å²) in [6.45, 7) is 11.7. The second-order valence-corrected chi connectivity index (χ2v) is 5.24. The van der Waals surface area contributed by atoms with Crippen LogP contribution in [0.2, 0.25) is 0 Å². The Balaban J connectivity index is 0.00000169. The molecule has 2 atom stereocenters. The lowest BCUT2D eigenvalue weighted by molar-refractivity contribution is -0.129. The van der Waals surface area contributed by atoms with Crippen molar-refractivity contribution in [1.29, 1.82) is 0 Å². The summed E-state index contributed by atoms with van der Waals surface area (Å²) >= 11 is 0. The number of ketones is 1. The zero-order valence-electron chi connectivity index (χ0n) is 9.83. The van der Waals surface area contributed by atoms with Gasteiger partial charge in [-0.15, -0.1) is 12.4 Å². The number of halogens is 1. The highest BCUT2D eigenvalue weighted by atomic mass is 35.5. The molecule has 14 heavy (non-hydrogen) atoms. The third kappa shape index (κ3) is 2.96. The number of carbonyl (C=O) groups is 1. The minimum absolute atomic E-state index is 0. The van der Waals surface area contributed by atoms with Gasteiger partial charge in [0.05, 0.1) is 0 Å². The zero-order chi connectivity index (χ0) is 10.2. The molecule has 1 fully saturated rings. The molecular formula is C11H22ClNO. The average Bonchev–Trinajstić information content (AvgIpc) is 1.94. The van der Waals surface area contributed by atoms with Gasteiger partial charge in [-0.2, -0.15) is 0 Å². The molecule has 0 aliphatic carbocycles. The molecule has 1 saturated heterocycles. The maximum absolute atomic E-state index is 11.5. The van der Waals surface area contributed by atoms with Gasteiger partial charge in [0.15, 0.2) is 0 Å². The first kappa shape index (κ1) is 13.9. The minimum atomic E-state index is 0. The molecule has 0 bridgehead atoms. The van der Waals surface area contributed by atoms with E-state index in [1.807, 2.05) is 6.92 Å². The van der Waals surface area contributed by atoms with Gasteiger partial charge in [-0.3, -0.25) is 9.69 Å². The quantitative estimate of drug-likeness (QED) is 0.624. The summed E-state index contributed by atoms with van der Waals surface area (Å²) in [6, 6.07) is 0.406. The van der Waals surface area contributed by atoms with E-state index in [0.29, 0.717) is 11.8 Å². The smallest absolute Gasteiger partial charge is 0.138 e. The van der Waals surface area contributed by atoms with Crippen molar-refractivity contribution in [2.45, 2.75) is 52.6 Å². The van der Waals surface area contributed by atoms with Gasteiger partial charge in [0.1, 0.15) is 5.78 Å². The molecule has 0 saturated carbocycles. The molecule has 84 valence electrons. The molecule has 0 N–H and O–H groups in total. The van der Waals surface area contributed by atoms with Crippen molar-refractivity contribution in [2.75, 3.05) is 6.54 Å². The molecule has 3 heteroatoms. The summed E-state index contributed by atoms with van der Waals surface area (Å²) in [4.78, 5) is 13.9. The second-order valence-electron chi connectivity index (χ2n) is 5.24. The van der Waals surface area contributed by atoms with Crippen LogP contribution in [0, 0.1) is 5.92 Å². The molecule has 1 aliphatic rings. The van der Waals surface area contributed by atoms with E-state index < -0.39 is 0 Å². The fourth-order valence-corrected chi connectivity index (χ4v) is 2.11. The monoisotopic (exact) mass is 219 g/mol. The van der Waals surface area contributed by atoms with E-state index in [-0.39, 0.29) is 23.9 Å². The first-order chi connectivity index (χ1) is 5.82. The molecule has 0 amide bonds. The van der Waals surface area contributed by atoms with Crippen molar-refractivity contribution in [3.05, 3.63) is 0 Å². The van der Waals surface area contributed by atoms with Crippen molar-refractivity contribution in [2.24, 2.45) is 5.92 Å². The number of nitrogens with zero attached hydrogens (tertiary/aromatic N) is 1. The number of hydrogen-bond donors (Lipinski definition) is 0. The average molecular weight is 220 g/mol. The lowest BCUT2D eigenvalue weighted by Gasteiger charge is -2.44. The fraction of sp³-hybridized carbons (Fsp3) is 0.909. The molecule has 0 aromatic heterocycles. The van der Waals surface area contributed by atoms with Crippen molar-refractivity contribution >= 4 is 18.2 Å². The Bertz CT molecular complexity index is 210. The van der Waals surface area contributed by atoms with E-state index in [4.69, 9.17) is 0 Å². The Morgan fingerprint density at radius 3 is 2.21 bits per heavy atom. The molecule has 2 nitrogen and oxygen atoms in total. The van der Waals surface area contributed by atoms with E-state index >= 15 is 0 Å². The SMILES string of the molecule is CC1CN(C(C)(C)C)C(C)CC1=O.Cl. The number of carbonyl (C=O) groups excluding carboxylic acids is 1. The van der Waals surface area contributed by atoms with E-state index in [2.05, 4.69) is 32.6 Å². The Labute approximate surface area is 93.5 Å². The number of likely N-dealkylation sites (tertiary alicyclic amines) is 1. The summed E-state index contributed by atoms with van der Waals surface area (Å²) in [5, 5.41) is 0. The van der Waals surface area contributed by atoms with Crippen LogP contribution < -0.4 is 0 Å². The zero-order valence-corrected chi connectivity index (χ0v) is 10.6. The third-order valence-electron chi connectivity index (χ3n) is 2.91. The molecule has 0 spiro atoms. The molecule has 1 heterocycles. The molecule has 0 aromatic carbocycles. The number of piperidine rings is 1. The second kappa shape index (κ2) is 4.63. The molecule has 0 aromatic rings. The minimum Gasteiger partial charge on any atom is -0.299 e. The van der Waals surface area contributed by atoms with Gasteiger partial charge >= 0.3 is 0 Å². The van der Waals surface area contributed by atoms with Crippen molar-refractivity contribution in [3.63, 3.8) is 0 Å². The lowest BCUT2D eigenvalue weighted by atomic mass is 9.89. The predicted molar refractivity (Wildman–Crippen MR) is 62.0 cm³/mol. The number of rotatable bonds is 0. The van der Waals surface area contributed by atoms with Crippen LogP contribution in [0.3, 0.4) is 0 Å². The third-order valence-corrected chi connectivity index (χ3v) is 2.91.